The van der Waals surface area contributed by atoms with Gasteiger partial charge < -0.3 is 0 Å². The van der Waals surface area contributed by atoms with Crippen LogP contribution in [0.25, 0.3) is 0 Å². The average molecular weight is 440 g/mol. The van der Waals surface area contributed by atoms with Gasteiger partial charge in [0.05, 0.1) is 22.4 Å². The highest BCUT2D eigenvalue weighted by atomic mass is 79.9. The standard InChI is InChI=1S/C21H15BrFN3O2/c22-16-5-1-15(2-6-16)21-13-20(14-3-7-17(23)8-4-14)24-25(21)18-9-11-19(12-10-18)26(27)28/h1-12,21H,13H2. The van der Waals surface area contributed by atoms with Crippen LogP contribution in [0.1, 0.15) is 23.6 Å². The lowest BCUT2D eigenvalue weighted by molar-refractivity contribution is -0.384. The zero-order valence-corrected chi connectivity index (χ0v) is 16.2. The quantitative estimate of drug-likeness (QED) is 0.378. The summed E-state index contributed by atoms with van der Waals surface area (Å²) < 4.78 is 14.3. The Kier molecular flexibility index (Phi) is 4.92. The molecule has 4 rings (SSSR count). The second-order valence-corrected chi connectivity index (χ2v) is 7.36. The van der Waals surface area contributed by atoms with E-state index < -0.39 is 4.92 Å². The van der Waals surface area contributed by atoms with E-state index in [-0.39, 0.29) is 17.5 Å². The summed E-state index contributed by atoms with van der Waals surface area (Å²) in [5, 5.41) is 17.6. The number of halogens is 2. The van der Waals surface area contributed by atoms with Crippen LogP contribution in [0, 0.1) is 15.9 Å². The predicted octanol–water partition coefficient (Wildman–Crippen LogP) is 5.85. The lowest BCUT2D eigenvalue weighted by atomic mass is 9.98. The fourth-order valence-corrected chi connectivity index (χ4v) is 3.50. The van der Waals surface area contributed by atoms with Gasteiger partial charge >= 0.3 is 0 Å². The van der Waals surface area contributed by atoms with Gasteiger partial charge in [-0.25, -0.2) is 4.39 Å². The number of anilines is 1. The average Bonchev–Trinajstić information content (AvgIpc) is 3.14. The summed E-state index contributed by atoms with van der Waals surface area (Å²) in [5.41, 5.74) is 3.56. The fraction of sp³-hybridized carbons (Fsp3) is 0.0952. The molecule has 140 valence electrons. The molecule has 0 fully saturated rings. The number of benzene rings is 3. The summed E-state index contributed by atoms with van der Waals surface area (Å²) in [7, 11) is 0. The van der Waals surface area contributed by atoms with Crippen molar-refractivity contribution >= 4 is 33.0 Å². The Hall–Kier alpha value is -3.06. The van der Waals surface area contributed by atoms with Crippen LogP contribution in [-0.4, -0.2) is 10.6 Å². The molecular formula is C21H15BrFN3O2. The molecule has 1 unspecified atom stereocenters. The highest BCUT2D eigenvalue weighted by Crippen LogP contribution is 2.37. The third-order valence-corrected chi connectivity index (χ3v) is 5.20. The number of rotatable bonds is 4. The molecule has 3 aromatic rings. The topological polar surface area (TPSA) is 58.7 Å². The molecule has 7 heteroatoms. The fourth-order valence-electron chi connectivity index (χ4n) is 3.24. The lowest BCUT2D eigenvalue weighted by Crippen LogP contribution is -2.18. The van der Waals surface area contributed by atoms with Crippen molar-refractivity contribution in [2.24, 2.45) is 5.10 Å². The van der Waals surface area contributed by atoms with Crippen molar-refractivity contribution in [1.82, 2.24) is 0 Å². The first-order valence-corrected chi connectivity index (χ1v) is 9.43. The molecule has 0 saturated carbocycles. The number of non-ortho nitro benzene ring substituents is 1. The maximum absolute atomic E-state index is 13.3. The smallest absolute Gasteiger partial charge is 0.258 e. The van der Waals surface area contributed by atoms with Crippen molar-refractivity contribution in [2.45, 2.75) is 12.5 Å². The van der Waals surface area contributed by atoms with Crippen LogP contribution >= 0.6 is 15.9 Å². The molecule has 0 aliphatic carbocycles. The van der Waals surface area contributed by atoms with E-state index in [4.69, 9.17) is 5.10 Å². The zero-order valence-electron chi connectivity index (χ0n) is 14.6. The van der Waals surface area contributed by atoms with E-state index in [1.165, 1.54) is 24.3 Å². The van der Waals surface area contributed by atoms with E-state index in [0.717, 1.165) is 27.0 Å². The Morgan fingerprint density at radius 1 is 1.00 bits per heavy atom. The first-order valence-electron chi connectivity index (χ1n) is 8.64. The number of hydrogen-bond donors (Lipinski definition) is 0. The molecule has 28 heavy (non-hydrogen) atoms. The molecule has 1 aliphatic rings. The van der Waals surface area contributed by atoms with Crippen LogP contribution in [0.2, 0.25) is 0 Å². The molecule has 1 heterocycles. The minimum Gasteiger partial charge on any atom is -0.258 e. The van der Waals surface area contributed by atoms with Crippen LogP contribution in [0.15, 0.2) is 82.4 Å². The van der Waals surface area contributed by atoms with Gasteiger partial charge in [0.25, 0.3) is 5.69 Å². The Balaban J connectivity index is 1.73. The first kappa shape index (κ1) is 18.3. The molecule has 0 bridgehead atoms. The number of hydrazone groups is 1. The van der Waals surface area contributed by atoms with Crippen molar-refractivity contribution in [3.63, 3.8) is 0 Å². The summed E-state index contributed by atoms with van der Waals surface area (Å²) in [6.07, 6.45) is 0.643. The van der Waals surface area contributed by atoms with Gasteiger partial charge in [0.15, 0.2) is 0 Å². The minimum absolute atomic E-state index is 0.0332. The minimum atomic E-state index is -0.423. The second kappa shape index (κ2) is 7.52. The number of nitro groups is 1. The molecule has 3 aromatic carbocycles. The number of hydrogen-bond acceptors (Lipinski definition) is 4. The van der Waals surface area contributed by atoms with Crippen molar-refractivity contribution in [3.05, 3.63) is 104 Å². The molecular weight excluding hydrogens is 425 g/mol. The number of nitro benzene ring substituents is 1. The van der Waals surface area contributed by atoms with E-state index >= 15 is 0 Å². The molecule has 5 nitrogen and oxygen atoms in total. The Bertz CT molecular complexity index is 1030. The summed E-state index contributed by atoms with van der Waals surface area (Å²) in [4.78, 5) is 10.5. The van der Waals surface area contributed by atoms with Crippen molar-refractivity contribution in [3.8, 4) is 0 Å². The monoisotopic (exact) mass is 439 g/mol. The van der Waals surface area contributed by atoms with Crippen LogP contribution in [-0.2, 0) is 0 Å². The Morgan fingerprint density at radius 3 is 2.25 bits per heavy atom. The summed E-state index contributed by atoms with van der Waals surface area (Å²) in [6.45, 7) is 0. The molecule has 0 radical (unpaired) electrons. The molecule has 0 aromatic heterocycles. The molecule has 0 saturated heterocycles. The van der Waals surface area contributed by atoms with E-state index in [1.54, 1.807) is 24.3 Å². The molecule has 0 spiro atoms. The number of nitrogens with zero attached hydrogens (tertiary/aromatic N) is 3. The van der Waals surface area contributed by atoms with E-state index in [2.05, 4.69) is 15.9 Å². The highest BCUT2D eigenvalue weighted by molar-refractivity contribution is 9.10. The largest absolute Gasteiger partial charge is 0.269 e. The SMILES string of the molecule is O=[N+]([O-])c1ccc(N2N=C(c3ccc(F)cc3)CC2c2ccc(Br)cc2)cc1. The van der Waals surface area contributed by atoms with Gasteiger partial charge in [-0.3, -0.25) is 15.1 Å². The van der Waals surface area contributed by atoms with Gasteiger partial charge in [-0.15, -0.1) is 0 Å². The van der Waals surface area contributed by atoms with Gasteiger partial charge in [-0.2, -0.15) is 5.10 Å². The molecule has 0 amide bonds. The van der Waals surface area contributed by atoms with Crippen LogP contribution in [0.4, 0.5) is 15.8 Å². The predicted molar refractivity (Wildman–Crippen MR) is 110 cm³/mol. The lowest BCUT2D eigenvalue weighted by Gasteiger charge is -2.24. The van der Waals surface area contributed by atoms with Gasteiger partial charge in [0.2, 0.25) is 0 Å². The van der Waals surface area contributed by atoms with Crippen LogP contribution in [0.5, 0.6) is 0 Å². The van der Waals surface area contributed by atoms with E-state index in [9.17, 15) is 14.5 Å². The van der Waals surface area contributed by atoms with E-state index in [1.807, 2.05) is 29.3 Å². The van der Waals surface area contributed by atoms with Gasteiger partial charge in [0, 0.05) is 23.0 Å². The first-order chi connectivity index (χ1) is 13.5. The van der Waals surface area contributed by atoms with E-state index in [0.29, 0.717) is 6.42 Å². The normalized spacial score (nSPS) is 16.1. The maximum Gasteiger partial charge on any atom is 0.269 e. The van der Waals surface area contributed by atoms with Crippen LogP contribution < -0.4 is 5.01 Å². The van der Waals surface area contributed by atoms with Gasteiger partial charge in [0.1, 0.15) is 5.82 Å². The summed E-state index contributed by atoms with van der Waals surface area (Å²) in [6, 6.07) is 20.5. The summed E-state index contributed by atoms with van der Waals surface area (Å²) in [5.74, 6) is -0.293. The second-order valence-electron chi connectivity index (χ2n) is 6.44. The Morgan fingerprint density at radius 2 is 1.64 bits per heavy atom. The maximum atomic E-state index is 13.3. The third kappa shape index (κ3) is 3.66. The van der Waals surface area contributed by atoms with Crippen LogP contribution in [0.3, 0.4) is 0 Å². The molecule has 1 atom stereocenters. The Labute approximate surface area is 169 Å². The van der Waals surface area contributed by atoms with Crippen molar-refractivity contribution in [2.75, 3.05) is 5.01 Å². The van der Waals surface area contributed by atoms with Gasteiger partial charge in [-0.1, -0.05) is 40.2 Å². The van der Waals surface area contributed by atoms with Crippen molar-refractivity contribution in [1.29, 1.82) is 0 Å². The molecule has 1 aliphatic heterocycles. The third-order valence-electron chi connectivity index (χ3n) is 4.67. The van der Waals surface area contributed by atoms with Gasteiger partial charge in [-0.05, 0) is 47.5 Å². The summed E-state index contributed by atoms with van der Waals surface area (Å²) >= 11 is 3.45. The zero-order chi connectivity index (χ0) is 19.7. The highest BCUT2D eigenvalue weighted by Gasteiger charge is 2.30. The van der Waals surface area contributed by atoms with Crippen molar-refractivity contribution < 1.29 is 9.31 Å². The molecule has 0 N–H and O–H groups in total.